The van der Waals surface area contributed by atoms with Crippen LogP contribution in [0, 0.1) is 0 Å². The predicted octanol–water partition coefficient (Wildman–Crippen LogP) is 2.14. The van der Waals surface area contributed by atoms with E-state index in [4.69, 9.17) is 9.47 Å². The molecule has 0 amide bonds. The Balaban J connectivity index is 1.42. The third-order valence-electron chi connectivity index (χ3n) is 5.33. The van der Waals surface area contributed by atoms with Crippen LogP contribution in [-0.2, 0) is 11.3 Å². The molecule has 6 heteroatoms. The van der Waals surface area contributed by atoms with E-state index in [-0.39, 0.29) is 12.7 Å². The van der Waals surface area contributed by atoms with Crippen LogP contribution in [-0.4, -0.2) is 58.4 Å². The first-order chi connectivity index (χ1) is 12.3. The summed E-state index contributed by atoms with van der Waals surface area (Å²) in [4.78, 5) is 11.2. The van der Waals surface area contributed by atoms with Gasteiger partial charge in [-0.05, 0) is 43.4 Å². The maximum absolute atomic E-state index is 9.37. The largest absolute Gasteiger partial charge is 0.474 e. The molecular weight excluding hydrogens is 318 g/mol. The van der Waals surface area contributed by atoms with E-state index >= 15 is 0 Å². The zero-order chi connectivity index (χ0) is 17.1. The molecule has 25 heavy (non-hydrogen) atoms. The molecule has 0 radical (unpaired) electrons. The minimum Gasteiger partial charge on any atom is -0.474 e. The van der Waals surface area contributed by atoms with Gasteiger partial charge in [0, 0.05) is 19.1 Å². The van der Waals surface area contributed by atoms with Crippen LogP contribution >= 0.6 is 0 Å². The Labute approximate surface area is 147 Å². The summed E-state index contributed by atoms with van der Waals surface area (Å²) < 4.78 is 11.7. The van der Waals surface area contributed by atoms with Crippen molar-refractivity contribution in [1.29, 1.82) is 0 Å². The smallest absolute Gasteiger partial charge is 0.224 e. The normalized spacial score (nSPS) is 25.2. The minimum absolute atomic E-state index is 0.00886. The standard InChI is InChI=1S/C19H25N3O3/c23-12-14-1-6-18-17(11-14)19(21-13-20-18)25-16-4-2-15(3-5-16)22-7-9-24-10-8-22/h1,6,11,13,15-16,23H,2-5,7-10,12H2. The van der Waals surface area contributed by atoms with Gasteiger partial charge in [0.1, 0.15) is 12.4 Å². The molecule has 1 aliphatic carbocycles. The molecule has 2 aliphatic rings. The topological polar surface area (TPSA) is 67.7 Å². The van der Waals surface area contributed by atoms with Crippen molar-refractivity contribution in [2.24, 2.45) is 0 Å². The number of morpholine rings is 1. The van der Waals surface area contributed by atoms with Gasteiger partial charge < -0.3 is 14.6 Å². The molecule has 2 aromatic rings. The molecule has 4 rings (SSSR count). The summed E-state index contributed by atoms with van der Waals surface area (Å²) >= 11 is 0. The van der Waals surface area contributed by atoms with Crippen molar-refractivity contribution in [3.63, 3.8) is 0 Å². The average molecular weight is 343 g/mol. The maximum atomic E-state index is 9.37. The molecule has 1 aromatic carbocycles. The summed E-state index contributed by atoms with van der Waals surface area (Å²) in [6.45, 7) is 3.83. The summed E-state index contributed by atoms with van der Waals surface area (Å²) in [5.74, 6) is 0.634. The maximum Gasteiger partial charge on any atom is 0.224 e. The van der Waals surface area contributed by atoms with E-state index in [1.807, 2.05) is 18.2 Å². The second-order valence-corrected chi connectivity index (χ2v) is 6.89. The number of fused-ring (bicyclic) bond motifs is 1. The van der Waals surface area contributed by atoms with Gasteiger partial charge in [0.05, 0.1) is 30.7 Å². The average Bonchev–Trinajstić information content (AvgIpc) is 2.69. The molecule has 1 N–H and O–H groups in total. The van der Waals surface area contributed by atoms with E-state index in [0.29, 0.717) is 11.9 Å². The number of aliphatic hydroxyl groups is 1. The molecule has 0 unspecified atom stereocenters. The summed E-state index contributed by atoms with van der Waals surface area (Å²) in [6, 6.07) is 6.37. The zero-order valence-electron chi connectivity index (χ0n) is 14.4. The van der Waals surface area contributed by atoms with Crippen LogP contribution in [0.1, 0.15) is 31.2 Å². The lowest BCUT2D eigenvalue weighted by atomic mass is 9.91. The van der Waals surface area contributed by atoms with Crippen molar-refractivity contribution in [3.8, 4) is 5.88 Å². The van der Waals surface area contributed by atoms with Crippen molar-refractivity contribution in [2.45, 2.75) is 44.4 Å². The second-order valence-electron chi connectivity index (χ2n) is 6.89. The highest BCUT2D eigenvalue weighted by Crippen LogP contribution is 2.29. The lowest BCUT2D eigenvalue weighted by Crippen LogP contribution is -2.46. The van der Waals surface area contributed by atoms with Crippen LogP contribution in [0.25, 0.3) is 10.9 Å². The van der Waals surface area contributed by atoms with E-state index in [1.165, 1.54) is 0 Å². The third kappa shape index (κ3) is 3.76. The lowest BCUT2D eigenvalue weighted by molar-refractivity contribution is -0.00126. The molecular formula is C19H25N3O3. The predicted molar refractivity (Wildman–Crippen MR) is 94.5 cm³/mol. The Kier molecular flexibility index (Phi) is 5.10. The van der Waals surface area contributed by atoms with Crippen LogP contribution in [0.15, 0.2) is 24.5 Å². The summed E-state index contributed by atoms with van der Waals surface area (Å²) in [6.07, 6.45) is 6.18. The van der Waals surface area contributed by atoms with E-state index in [9.17, 15) is 5.11 Å². The third-order valence-corrected chi connectivity index (χ3v) is 5.33. The number of rotatable bonds is 4. The van der Waals surface area contributed by atoms with Gasteiger partial charge in [-0.3, -0.25) is 4.90 Å². The molecule has 1 saturated carbocycles. The quantitative estimate of drug-likeness (QED) is 0.917. The van der Waals surface area contributed by atoms with Gasteiger partial charge in [0.25, 0.3) is 0 Å². The van der Waals surface area contributed by atoms with Crippen molar-refractivity contribution < 1.29 is 14.6 Å². The van der Waals surface area contributed by atoms with Crippen molar-refractivity contribution in [1.82, 2.24) is 14.9 Å². The Morgan fingerprint density at radius 3 is 2.68 bits per heavy atom. The first-order valence-electron chi connectivity index (χ1n) is 9.16. The van der Waals surface area contributed by atoms with Crippen LogP contribution in [0.2, 0.25) is 0 Å². The van der Waals surface area contributed by atoms with Gasteiger partial charge in [0.15, 0.2) is 0 Å². The van der Waals surface area contributed by atoms with Gasteiger partial charge in [-0.25, -0.2) is 9.97 Å². The molecule has 6 nitrogen and oxygen atoms in total. The van der Waals surface area contributed by atoms with E-state index in [1.54, 1.807) is 6.33 Å². The number of ether oxygens (including phenoxy) is 2. The van der Waals surface area contributed by atoms with Gasteiger partial charge in [-0.15, -0.1) is 0 Å². The minimum atomic E-state index is 0.00886. The van der Waals surface area contributed by atoms with Crippen molar-refractivity contribution >= 4 is 10.9 Å². The Hall–Kier alpha value is -1.76. The highest BCUT2D eigenvalue weighted by Gasteiger charge is 2.28. The number of aliphatic hydroxyl groups excluding tert-OH is 1. The van der Waals surface area contributed by atoms with Gasteiger partial charge in [-0.2, -0.15) is 0 Å². The summed E-state index contributed by atoms with van der Waals surface area (Å²) in [5.41, 5.74) is 1.70. The molecule has 0 bridgehead atoms. The second kappa shape index (κ2) is 7.64. The molecule has 2 fully saturated rings. The van der Waals surface area contributed by atoms with Crippen LogP contribution in [0.4, 0.5) is 0 Å². The fraction of sp³-hybridized carbons (Fsp3) is 0.579. The zero-order valence-corrected chi connectivity index (χ0v) is 14.4. The lowest BCUT2D eigenvalue weighted by Gasteiger charge is -2.38. The Bertz CT molecular complexity index is 710. The molecule has 1 aliphatic heterocycles. The fourth-order valence-electron chi connectivity index (χ4n) is 3.90. The molecule has 2 heterocycles. The number of hydrogen-bond donors (Lipinski definition) is 1. The molecule has 134 valence electrons. The van der Waals surface area contributed by atoms with E-state index in [2.05, 4.69) is 14.9 Å². The first-order valence-corrected chi connectivity index (χ1v) is 9.16. The summed E-state index contributed by atoms with van der Waals surface area (Å²) in [5, 5.41) is 10.2. The van der Waals surface area contributed by atoms with Crippen molar-refractivity contribution in [3.05, 3.63) is 30.1 Å². The van der Waals surface area contributed by atoms with Crippen molar-refractivity contribution in [2.75, 3.05) is 26.3 Å². The van der Waals surface area contributed by atoms with E-state index in [0.717, 1.165) is 68.5 Å². The Morgan fingerprint density at radius 1 is 1.12 bits per heavy atom. The number of benzene rings is 1. The molecule has 0 atom stereocenters. The number of hydrogen-bond acceptors (Lipinski definition) is 6. The number of nitrogens with zero attached hydrogens (tertiary/aromatic N) is 3. The van der Waals surface area contributed by atoms with E-state index < -0.39 is 0 Å². The van der Waals surface area contributed by atoms with Crippen LogP contribution in [0.3, 0.4) is 0 Å². The molecule has 1 saturated heterocycles. The number of aromatic nitrogens is 2. The van der Waals surface area contributed by atoms with Gasteiger partial charge >= 0.3 is 0 Å². The molecule has 1 aromatic heterocycles. The first kappa shape index (κ1) is 16.7. The fourth-order valence-corrected chi connectivity index (χ4v) is 3.90. The van der Waals surface area contributed by atoms with Gasteiger partial charge in [0.2, 0.25) is 5.88 Å². The summed E-state index contributed by atoms with van der Waals surface area (Å²) in [7, 11) is 0. The highest BCUT2D eigenvalue weighted by atomic mass is 16.5. The monoisotopic (exact) mass is 343 g/mol. The van der Waals surface area contributed by atoms with Crippen LogP contribution < -0.4 is 4.74 Å². The highest BCUT2D eigenvalue weighted by molar-refractivity contribution is 5.83. The Morgan fingerprint density at radius 2 is 1.92 bits per heavy atom. The SMILES string of the molecule is OCc1ccc2ncnc(OC3CCC(N4CCOCC4)CC3)c2c1. The van der Waals surface area contributed by atoms with Gasteiger partial charge in [-0.1, -0.05) is 6.07 Å². The molecule has 0 spiro atoms. The van der Waals surface area contributed by atoms with Crippen LogP contribution in [0.5, 0.6) is 5.88 Å².